The number of ether oxygens (including phenoxy) is 1. The minimum atomic E-state index is -1.78. The molecule has 32 heavy (non-hydrogen) atoms. The van der Waals surface area contributed by atoms with E-state index in [4.69, 9.17) is 9.72 Å². The van der Waals surface area contributed by atoms with E-state index in [0.29, 0.717) is 35.2 Å². The number of hydrogen-bond donors (Lipinski definition) is 1. The first-order valence-corrected chi connectivity index (χ1v) is 11.3. The topological polar surface area (TPSA) is 79.7 Å². The van der Waals surface area contributed by atoms with Gasteiger partial charge in [-0.1, -0.05) is 13.8 Å². The molecule has 6 nitrogen and oxygen atoms in total. The fraction of sp³-hybridized carbons (Fsp3) is 0.480. The van der Waals surface area contributed by atoms with E-state index in [2.05, 4.69) is 6.92 Å². The third-order valence-electron chi connectivity index (χ3n) is 8.09. The first kappa shape index (κ1) is 19.9. The van der Waals surface area contributed by atoms with E-state index in [9.17, 15) is 19.1 Å². The van der Waals surface area contributed by atoms with Crippen molar-refractivity contribution >= 4 is 22.8 Å². The quantitative estimate of drug-likeness (QED) is 0.692. The molecule has 0 fully saturated rings. The van der Waals surface area contributed by atoms with Crippen LogP contribution in [-0.2, 0) is 27.3 Å². The Balaban J connectivity index is 1.57. The summed E-state index contributed by atoms with van der Waals surface area (Å²) >= 11 is 0. The van der Waals surface area contributed by atoms with E-state index in [1.165, 1.54) is 11.6 Å². The van der Waals surface area contributed by atoms with Crippen molar-refractivity contribution in [3.8, 4) is 0 Å². The largest absolute Gasteiger partial charge is 0.458 e. The van der Waals surface area contributed by atoms with E-state index >= 15 is 0 Å². The minimum Gasteiger partial charge on any atom is -0.458 e. The van der Waals surface area contributed by atoms with Gasteiger partial charge in [-0.15, -0.1) is 0 Å². The highest BCUT2D eigenvalue weighted by atomic mass is 19.1. The molecule has 1 unspecified atom stereocenters. The molecule has 4 heterocycles. The van der Waals surface area contributed by atoms with Gasteiger partial charge in [-0.25, -0.2) is 9.18 Å². The van der Waals surface area contributed by atoms with Crippen LogP contribution in [0.15, 0.2) is 17.2 Å². The molecule has 1 aliphatic carbocycles. The van der Waals surface area contributed by atoms with Gasteiger partial charge in [0, 0.05) is 18.0 Å². The van der Waals surface area contributed by atoms with Gasteiger partial charge in [0.05, 0.1) is 22.8 Å². The molecule has 1 amide bonds. The number of hydrogen-bond acceptors (Lipinski definition) is 5. The number of nitrogens with zero attached hydrogens (tertiary/aromatic N) is 2. The lowest BCUT2D eigenvalue weighted by Crippen LogP contribution is -2.51. The van der Waals surface area contributed by atoms with Crippen molar-refractivity contribution < 1.29 is 23.8 Å². The van der Waals surface area contributed by atoms with Gasteiger partial charge >= 0.3 is 5.97 Å². The standard InChI is InChI=1S/C25H25FN2O4/c1-4-25(31)16-7-19-22-14(9-28(19)23(29)15(16)10-32-24(25)30)20-11(2)5-6-13-12(3)17(26)8-18(27-22)21(13)20/h8,11,19,31H,4-7,9-10H2,1-3H3/t11-,19?,25-/m0/s1. The van der Waals surface area contributed by atoms with Gasteiger partial charge in [0.15, 0.2) is 5.60 Å². The summed E-state index contributed by atoms with van der Waals surface area (Å²) in [6, 6.07) is 1.14. The summed E-state index contributed by atoms with van der Waals surface area (Å²) < 4.78 is 19.9. The van der Waals surface area contributed by atoms with E-state index in [1.54, 1.807) is 11.8 Å². The first-order chi connectivity index (χ1) is 15.3. The number of fused-ring (bicyclic) bond motifs is 4. The number of carbonyl (C=O) groups is 2. The van der Waals surface area contributed by atoms with Crippen molar-refractivity contribution in [1.29, 1.82) is 0 Å². The van der Waals surface area contributed by atoms with Crippen LogP contribution in [0.2, 0.25) is 0 Å². The SMILES string of the molecule is CC[C@@]1(O)C(=O)OCC2=C1CC1c3nc4cc(F)c(C)c5c4c(c3CN1C2=O)[C@@H](C)CC5. The van der Waals surface area contributed by atoms with Crippen LogP contribution >= 0.6 is 0 Å². The lowest BCUT2D eigenvalue weighted by Gasteiger charge is -2.41. The molecule has 0 radical (unpaired) electrons. The Bertz CT molecular complexity index is 1280. The van der Waals surface area contributed by atoms with Gasteiger partial charge in [0.2, 0.25) is 0 Å². The van der Waals surface area contributed by atoms with Crippen LogP contribution in [0.4, 0.5) is 4.39 Å². The number of amides is 1. The number of benzene rings is 1. The fourth-order valence-corrected chi connectivity index (χ4v) is 6.24. The second-order valence-corrected chi connectivity index (χ2v) is 9.59. The predicted molar refractivity (Wildman–Crippen MR) is 114 cm³/mol. The van der Waals surface area contributed by atoms with Crippen LogP contribution in [0, 0.1) is 12.7 Å². The number of pyridine rings is 1. The minimum absolute atomic E-state index is 0.109. The highest BCUT2D eigenvalue weighted by molar-refractivity contribution is 6.01. The van der Waals surface area contributed by atoms with Crippen molar-refractivity contribution in [3.63, 3.8) is 0 Å². The molecule has 0 bridgehead atoms. The number of halogens is 1. The summed E-state index contributed by atoms with van der Waals surface area (Å²) in [5.41, 5.74) is 4.37. The third kappa shape index (κ3) is 2.29. The van der Waals surface area contributed by atoms with Crippen molar-refractivity contribution in [2.75, 3.05) is 6.61 Å². The summed E-state index contributed by atoms with van der Waals surface area (Å²) in [7, 11) is 0. The Kier molecular flexibility index (Phi) is 3.96. The molecule has 3 atom stereocenters. The van der Waals surface area contributed by atoms with Crippen molar-refractivity contribution in [3.05, 3.63) is 51.0 Å². The molecule has 0 saturated heterocycles. The Labute approximate surface area is 185 Å². The van der Waals surface area contributed by atoms with Crippen molar-refractivity contribution in [1.82, 2.24) is 9.88 Å². The van der Waals surface area contributed by atoms with Gasteiger partial charge in [0.1, 0.15) is 12.4 Å². The van der Waals surface area contributed by atoms with Crippen LogP contribution in [0.3, 0.4) is 0 Å². The van der Waals surface area contributed by atoms with E-state index in [-0.39, 0.29) is 36.7 Å². The summed E-state index contributed by atoms with van der Waals surface area (Å²) in [5.74, 6) is -0.884. The normalized spacial score (nSPS) is 28.6. The highest BCUT2D eigenvalue weighted by Crippen LogP contribution is 2.51. The molecular formula is C25H25FN2O4. The average Bonchev–Trinajstić information content (AvgIpc) is 3.14. The van der Waals surface area contributed by atoms with E-state index in [0.717, 1.165) is 35.0 Å². The summed E-state index contributed by atoms with van der Waals surface area (Å²) in [4.78, 5) is 32.5. The Morgan fingerprint density at radius 1 is 1.34 bits per heavy atom. The van der Waals surface area contributed by atoms with Gasteiger partial charge in [-0.2, -0.15) is 0 Å². The summed E-state index contributed by atoms with van der Waals surface area (Å²) in [6.45, 7) is 6.04. The molecule has 7 heteroatoms. The summed E-state index contributed by atoms with van der Waals surface area (Å²) in [5, 5.41) is 12.1. The Hall–Kier alpha value is -2.80. The molecule has 166 valence electrons. The van der Waals surface area contributed by atoms with Gasteiger partial charge in [-0.05, 0) is 66.4 Å². The molecule has 0 spiro atoms. The maximum atomic E-state index is 14.7. The zero-order valence-electron chi connectivity index (χ0n) is 18.4. The van der Waals surface area contributed by atoms with Crippen LogP contribution in [-0.4, -0.2) is 39.1 Å². The third-order valence-corrected chi connectivity index (χ3v) is 8.09. The van der Waals surface area contributed by atoms with Gasteiger partial charge in [-0.3, -0.25) is 9.78 Å². The molecule has 4 aliphatic rings. The number of aryl methyl sites for hydroxylation is 1. The van der Waals surface area contributed by atoms with Crippen LogP contribution in [0.25, 0.3) is 10.9 Å². The maximum absolute atomic E-state index is 14.7. The number of carbonyl (C=O) groups excluding carboxylic acids is 2. The zero-order chi connectivity index (χ0) is 22.5. The van der Waals surface area contributed by atoms with Crippen LogP contribution in [0.5, 0.6) is 0 Å². The monoisotopic (exact) mass is 436 g/mol. The lowest BCUT2D eigenvalue weighted by atomic mass is 9.77. The Morgan fingerprint density at radius 3 is 2.88 bits per heavy atom. The maximum Gasteiger partial charge on any atom is 0.342 e. The smallest absolute Gasteiger partial charge is 0.342 e. The molecule has 1 aromatic heterocycles. The molecule has 3 aliphatic heterocycles. The second kappa shape index (κ2) is 6.38. The van der Waals surface area contributed by atoms with Gasteiger partial charge < -0.3 is 14.7 Å². The molecule has 2 aromatic rings. The number of rotatable bonds is 1. The first-order valence-electron chi connectivity index (χ1n) is 11.3. The summed E-state index contributed by atoms with van der Waals surface area (Å²) in [6.07, 6.45) is 2.22. The molecular weight excluding hydrogens is 411 g/mol. The molecule has 6 rings (SSSR count). The highest BCUT2D eigenvalue weighted by Gasteiger charge is 2.53. The molecule has 1 N–H and O–H groups in total. The van der Waals surface area contributed by atoms with Crippen LogP contribution in [0.1, 0.15) is 73.0 Å². The molecule has 1 aromatic carbocycles. The zero-order valence-corrected chi connectivity index (χ0v) is 18.4. The van der Waals surface area contributed by atoms with E-state index < -0.39 is 11.6 Å². The predicted octanol–water partition coefficient (Wildman–Crippen LogP) is 3.51. The van der Waals surface area contributed by atoms with Crippen molar-refractivity contribution in [2.45, 2.75) is 70.6 Å². The van der Waals surface area contributed by atoms with Crippen molar-refractivity contribution in [2.24, 2.45) is 0 Å². The second-order valence-electron chi connectivity index (χ2n) is 9.59. The van der Waals surface area contributed by atoms with Gasteiger partial charge in [0.25, 0.3) is 5.91 Å². The average molecular weight is 436 g/mol. The number of aromatic nitrogens is 1. The number of esters is 1. The number of cyclic esters (lactones) is 1. The lowest BCUT2D eigenvalue weighted by molar-refractivity contribution is -0.165. The Morgan fingerprint density at radius 2 is 2.12 bits per heavy atom. The van der Waals surface area contributed by atoms with Crippen LogP contribution < -0.4 is 0 Å². The number of aliphatic hydroxyl groups is 1. The van der Waals surface area contributed by atoms with E-state index in [1.807, 2.05) is 6.92 Å². The fourth-order valence-electron chi connectivity index (χ4n) is 6.24. The molecule has 0 saturated carbocycles.